The van der Waals surface area contributed by atoms with Crippen molar-refractivity contribution in [2.24, 2.45) is 0 Å². The number of carbonyl (C=O) groups excluding carboxylic acids is 1. The van der Waals surface area contributed by atoms with Gasteiger partial charge in [-0.1, -0.05) is 17.7 Å². The van der Waals surface area contributed by atoms with E-state index in [0.29, 0.717) is 40.9 Å². The number of carbonyl (C=O) groups is 1. The summed E-state index contributed by atoms with van der Waals surface area (Å²) >= 11 is 6.74. The van der Waals surface area contributed by atoms with Gasteiger partial charge in [-0.3, -0.25) is 4.79 Å². The van der Waals surface area contributed by atoms with E-state index >= 15 is 0 Å². The predicted molar refractivity (Wildman–Crippen MR) is 114 cm³/mol. The van der Waals surface area contributed by atoms with Crippen molar-refractivity contribution in [2.75, 3.05) is 28.4 Å². The van der Waals surface area contributed by atoms with Gasteiger partial charge in [0.1, 0.15) is 11.9 Å². The maximum Gasteiger partial charge on any atom is 0.217 e. The molecule has 0 saturated heterocycles. The number of allylic oxidation sites excluding steroid dienone is 2. The molecule has 0 spiro atoms. The first-order valence-electron chi connectivity index (χ1n) is 9.51. The van der Waals surface area contributed by atoms with Crippen LogP contribution in [0, 0.1) is 0 Å². The Morgan fingerprint density at radius 3 is 2.30 bits per heavy atom. The second kappa shape index (κ2) is 9.02. The number of hydrogen-bond acceptors (Lipinski definition) is 6. The van der Waals surface area contributed by atoms with Gasteiger partial charge in [-0.25, -0.2) is 0 Å². The van der Waals surface area contributed by atoms with Crippen molar-refractivity contribution in [3.63, 3.8) is 0 Å². The number of rotatable bonds is 5. The van der Waals surface area contributed by atoms with E-state index in [1.807, 2.05) is 6.08 Å². The smallest absolute Gasteiger partial charge is 0.217 e. The van der Waals surface area contributed by atoms with Crippen LogP contribution in [0.2, 0.25) is 5.02 Å². The van der Waals surface area contributed by atoms with Crippen LogP contribution in [0.15, 0.2) is 29.6 Å². The number of fused-ring (bicyclic) bond motifs is 3. The van der Waals surface area contributed by atoms with Crippen LogP contribution in [-0.2, 0) is 16.0 Å². The molecule has 0 bridgehead atoms. The van der Waals surface area contributed by atoms with Crippen molar-refractivity contribution in [1.29, 1.82) is 0 Å². The van der Waals surface area contributed by atoms with E-state index in [1.54, 1.807) is 19.3 Å². The molecule has 1 amide bonds. The van der Waals surface area contributed by atoms with Crippen LogP contribution >= 0.6 is 11.6 Å². The topological polar surface area (TPSA) is 86.3 Å². The molecular weight excluding hydrogens is 410 g/mol. The number of amides is 1. The van der Waals surface area contributed by atoms with E-state index in [4.69, 9.17) is 30.5 Å². The van der Waals surface area contributed by atoms with Crippen molar-refractivity contribution in [3.05, 3.63) is 45.7 Å². The molecule has 3 rings (SSSR count). The lowest BCUT2D eigenvalue weighted by Gasteiger charge is -2.23. The van der Waals surface area contributed by atoms with Crippen LogP contribution in [-0.4, -0.2) is 51.6 Å². The molecule has 0 aliphatic heterocycles. The van der Waals surface area contributed by atoms with Gasteiger partial charge in [0.2, 0.25) is 11.7 Å². The predicted octanol–water partition coefficient (Wildman–Crippen LogP) is 3.03. The minimum absolute atomic E-state index is 0.168. The molecule has 30 heavy (non-hydrogen) atoms. The van der Waals surface area contributed by atoms with E-state index in [0.717, 1.165) is 22.3 Å². The lowest BCUT2D eigenvalue weighted by molar-refractivity contribution is -0.119. The fourth-order valence-electron chi connectivity index (χ4n) is 4.04. The number of ether oxygens (including phenoxy) is 4. The summed E-state index contributed by atoms with van der Waals surface area (Å²) in [6, 6.07) is -0.335. The van der Waals surface area contributed by atoms with Crippen LogP contribution in [0.1, 0.15) is 24.5 Å². The van der Waals surface area contributed by atoms with Gasteiger partial charge in [-0.15, -0.1) is 0 Å². The summed E-state index contributed by atoms with van der Waals surface area (Å²) in [4.78, 5) is 11.9. The van der Waals surface area contributed by atoms with Gasteiger partial charge in [-0.05, 0) is 41.7 Å². The van der Waals surface area contributed by atoms with Gasteiger partial charge in [0.25, 0.3) is 0 Å². The molecule has 7 nitrogen and oxygen atoms in total. The monoisotopic (exact) mass is 435 g/mol. The van der Waals surface area contributed by atoms with Crippen LogP contribution in [0.5, 0.6) is 17.2 Å². The van der Waals surface area contributed by atoms with E-state index in [-0.39, 0.29) is 11.9 Å². The highest BCUT2D eigenvalue weighted by atomic mass is 35.5. The normalized spacial score (nSPS) is 20.3. The van der Waals surface area contributed by atoms with Gasteiger partial charge in [-0.2, -0.15) is 0 Å². The molecule has 2 aliphatic rings. The molecule has 0 fully saturated rings. The highest BCUT2D eigenvalue weighted by Crippen LogP contribution is 2.53. The zero-order chi connectivity index (χ0) is 22.0. The van der Waals surface area contributed by atoms with E-state index in [9.17, 15) is 9.90 Å². The highest BCUT2D eigenvalue weighted by Gasteiger charge is 2.35. The third-order valence-electron chi connectivity index (χ3n) is 5.31. The molecule has 1 aromatic rings. The Morgan fingerprint density at radius 2 is 1.73 bits per heavy atom. The summed E-state index contributed by atoms with van der Waals surface area (Å²) in [5.41, 5.74) is 3.06. The molecule has 0 unspecified atom stereocenters. The number of methoxy groups -OCH3 is 4. The standard InChI is InChI=1S/C22H26ClNO6/c1-11(25)24-15-8-6-13-18(12-7-9-17(27-2)16(26)10-14(12)15)20(28-3)22(30-5)21(29-4)19(13)23/h7,9-10,15-16,26H,6,8H2,1-5H3,(H,24,25)/t15-,16-/m0/s1. The van der Waals surface area contributed by atoms with Crippen molar-refractivity contribution in [2.45, 2.75) is 31.9 Å². The number of aliphatic hydroxyl groups is 1. The largest absolute Gasteiger partial charge is 0.498 e. The Bertz CT molecular complexity index is 950. The first-order chi connectivity index (χ1) is 14.4. The fraction of sp³-hybridized carbons (Fsp3) is 0.409. The molecule has 0 saturated carbocycles. The minimum Gasteiger partial charge on any atom is -0.498 e. The third kappa shape index (κ3) is 3.75. The lowest BCUT2D eigenvalue weighted by atomic mass is 9.91. The highest BCUT2D eigenvalue weighted by molar-refractivity contribution is 6.33. The van der Waals surface area contributed by atoms with Gasteiger partial charge < -0.3 is 29.4 Å². The van der Waals surface area contributed by atoms with Crippen molar-refractivity contribution in [3.8, 4) is 17.2 Å². The Morgan fingerprint density at radius 1 is 1.07 bits per heavy atom. The maximum atomic E-state index is 11.9. The van der Waals surface area contributed by atoms with Crippen molar-refractivity contribution in [1.82, 2.24) is 5.32 Å². The second-order valence-corrected chi connectivity index (χ2v) is 7.36. The average molecular weight is 436 g/mol. The number of nitrogens with one attached hydrogen (secondary N) is 1. The summed E-state index contributed by atoms with van der Waals surface area (Å²) in [7, 11) is 6.09. The molecule has 2 N–H and O–H groups in total. The number of hydrogen-bond donors (Lipinski definition) is 2. The molecule has 2 atom stereocenters. The first kappa shape index (κ1) is 22.1. The van der Waals surface area contributed by atoms with Crippen LogP contribution in [0.3, 0.4) is 0 Å². The van der Waals surface area contributed by atoms with E-state index in [1.165, 1.54) is 28.3 Å². The molecule has 0 aromatic heterocycles. The molecular formula is C22H26ClNO6. The van der Waals surface area contributed by atoms with E-state index < -0.39 is 6.10 Å². The van der Waals surface area contributed by atoms with Gasteiger partial charge in [0.15, 0.2) is 11.5 Å². The minimum atomic E-state index is -0.960. The van der Waals surface area contributed by atoms with Gasteiger partial charge in [0.05, 0.1) is 39.5 Å². The van der Waals surface area contributed by atoms with Gasteiger partial charge >= 0.3 is 0 Å². The SMILES string of the molecule is COC1=CC=C2C(=C[C@@H]1O)[C@@H](NC(C)=O)CCc1c(Cl)c(OC)c(OC)c(OC)c12. The summed E-state index contributed by atoms with van der Waals surface area (Å²) in [6.07, 6.45) is 5.40. The van der Waals surface area contributed by atoms with Crippen LogP contribution in [0.25, 0.3) is 5.57 Å². The van der Waals surface area contributed by atoms with Gasteiger partial charge in [0, 0.05) is 12.5 Å². The first-order valence-corrected chi connectivity index (χ1v) is 9.89. The molecule has 162 valence electrons. The zero-order valence-corrected chi connectivity index (χ0v) is 18.4. The Balaban J connectivity index is 2.37. The summed E-state index contributed by atoms with van der Waals surface area (Å²) in [5, 5.41) is 14.0. The second-order valence-electron chi connectivity index (χ2n) is 6.98. The molecule has 0 radical (unpaired) electrons. The Hall–Kier alpha value is -2.64. The third-order valence-corrected chi connectivity index (χ3v) is 5.71. The molecule has 8 heteroatoms. The number of halogens is 1. The van der Waals surface area contributed by atoms with Crippen molar-refractivity contribution < 1.29 is 28.8 Å². The zero-order valence-electron chi connectivity index (χ0n) is 17.7. The summed E-state index contributed by atoms with van der Waals surface area (Å²) in [5.74, 6) is 1.45. The van der Waals surface area contributed by atoms with Crippen LogP contribution < -0.4 is 19.5 Å². The fourth-order valence-corrected chi connectivity index (χ4v) is 4.40. The number of aliphatic hydroxyl groups excluding tert-OH is 1. The average Bonchev–Trinajstić information content (AvgIpc) is 2.96. The summed E-state index contributed by atoms with van der Waals surface area (Å²) < 4.78 is 22.1. The molecule has 1 aromatic carbocycles. The molecule has 0 heterocycles. The molecule has 2 aliphatic carbocycles. The Labute approximate surface area is 180 Å². The Kier molecular flexibility index (Phi) is 6.63. The van der Waals surface area contributed by atoms with Crippen molar-refractivity contribution >= 4 is 23.1 Å². The lowest BCUT2D eigenvalue weighted by Crippen LogP contribution is -2.35. The number of benzene rings is 1. The quantitative estimate of drug-likeness (QED) is 0.739. The summed E-state index contributed by atoms with van der Waals surface area (Å²) in [6.45, 7) is 1.47. The maximum absolute atomic E-state index is 11.9. The van der Waals surface area contributed by atoms with Crippen LogP contribution in [0.4, 0.5) is 0 Å². The van der Waals surface area contributed by atoms with E-state index in [2.05, 4.69) is 5.32 Å².